The molecule has 0 N–H and O–H groups in total. The molecule has 0 saturated carbocycles. The van der Waals surface area contributed by atoms with Gasteiger partial charge in [-0.05, 0) is 67.1 Å². The van der Waals surface area contributed by atoms with Crippen LogP contribution in [0, 0.1) is 5.92 Å². The molecular formula is C22H26N2OS. The van der Waals surface area contributed by atoms with Crippen LogP contribution in [0.1, 0.15) is 40.1 Å². The molecule has 136 valence electrons. The van der Waals surface area contributed by atoms with Gasteiger partial charge >= 0.3 is 0 Å². The van der Waals surface area contributed by atoms with Crippen molar-refractivity contribution in [2.75, 3.05) is 19.6 Å². The predicted molar refractivity (Wildman–Crippen MR) is 106 cm³/mol. The first-order valence-electron chi connectivity index (χ1n) is 9.95. The highest BCUT2D eigenvalue weighted by atomic mass is 32.1. The molecule has 5 rings (SSSR count). The molecule has 0 radical (unpaired) electrons. The molecule has 4 heteroatoms. The van der Waals surface area contributed by atoms with E-state index in [1.807, 2.05) is 17.5 Å². The Morgan fingerprint density at radius 2 is 1.81 bits per heavy atom. The molecule has 2 aromatic rings. The van der Waals surface area contributed by atoms with E-state index >= 15 is 0 Å². The average molecular weight is 367 g/mol. The number of rotatable bonds is 2. The number of likely N-dealkylation sites (tertiary alicyclic amines) is 2. The molecular weight excluding hydrogens is 340 g/mol. The van der Waals surface area contributed by atoms with Crippen molar-refractivity contribution in [1.82, 2.24) is 9.80 Å². The van der Waals surface area contributed by atoms with Gasteiger partial charge in [-0.3, -0.25) is 9.69 Å². The van der Waals surface area contributed by atoms with E-state index in [9.17, 15) is 4.79 Å². The third kappa shape index (κ3) is 2.89. The van der Waals surface area contributed by atoms with Crippen LogP contribution in [0.3, 0.4) is 0 Å². The minimum absolute atomic E-state index is 0.240. The highest BCUT2D eigenvalue weighted by Crippen LogP contribution is 2.36. The van der Waals surface area contributed by atoms with Crippen LogP contribution in [-0.2, 0) is 12.8 Å². The van der Waals surface area contributed by atoms with E-state index in [2.05, 4.69) is 34.1 Å². The lowest BCUT2D eigenvalue weighted by molar-refractivity contribution is 0.00226. The largest absolute Gasteiger partial charge is 0.338 e. The second kappa shape index (κ2) is 6.82. The lowest BCUT2D eigenvalue weighted by Gasteiger charge is -2.49. The first-order chi connectivity index (χ1) is 12.8. The first-order valence-corrected chi connectivity index (χ1v) is 10.8. The lowest BCUT2D eigenvalue weighted by atomic mass is 9.82. The van der Waals surface area contributed by atoms with Crippen molar-refractivity contribution in [3.05, 3.63) is 57.8 Å². The number of nitrogens with zero attached hydrogens (tertiary/aromatic N) is 2. The Morgan fingerprint density at radius 3 is 2.54 bits per heavy atom. The summed E-state index contributed by atoms with van der Waals surface area (Å²) in [6, 6.07) is 14.2. The molecule has 0 spiro atoms. The standard InChI is InChI=1S/C22H26N2OS/c25-22(21-8-4-12-26-21)23-11-9-20-18(15-23)7-3-10-24(20)19-13-16-5-1-2-6-17(16)14-19/h1-2,4-6,8,12,18-20H,3,7,9-11,13-15H2/t18-,20+/m1/s1. The number of amides is 1. The molecule has 1 aromatic heterocycles. The molecule has 2 fully saturated rings. The lowest BCUT2D eigenvalue weighted by Crippen LogP contribution is -2.57. The molecule has 1 amide bonds. The van der Waals surface area contributed by atoms with E-state index in [-0.39, 0.29) is 5.91 Å². The van der Waals surface area contributed by atoms with Gasteiger partial charge in [0.05, 0.1) is 4.88 Å². The molecule has 2 atom stereocenters. The van der Waals surface area contributed by atoms with Crippen molar-refractivity contribution in [2.45, 2.75) is 44.2 Å². The number of hydrogen-bond donors (Lipinski definition) is 0. The highest BCUT2D eigenvalue weighted by molar-refractivity contribution is 7.12. The number of carbonyl (C=O) groups is 1. The number of fused-ring (bicyclic) bond motifs is 2. The molecule has 2 saturated heterocycles. The summed E-state index contributed by atoms with van der Waals surface area (Å²) in [6.07, 6.45) is 6.09. The van der Waals surface area contributed by atoms with Gasteiger partial charge in [0, 0.05) is 25.2 Å². The number of piperidine rings is 2. The van der Waals surface area contributed by atoms with Crippen LogP contribution < -0.4 is 0 Å². The summed E-state index contributed by atoms with van der Waals surface area (Å²) < 4.78 is 0. The van der Waals surface area contributed by atoms with Gasteiger partial charge < -0.3 is 4.90 Å². The molecule has 3 heterocycles. The van der Waals surface area contributed by atoms with Gasteiger partial charge in [0.15, 0.2) is 0 Å². The smallest absolute Gasteiger partial charge is 0.263 e. The van der Waals surface area contributed by atoms with Gasteiger partial charge in [-0.25, -0.2) is 0 Å². The maximum absolute atomic E-state index is 12.7. The Morgan fingerprint density at radius 1 is 1.00 bits per heavy atom. The minimum atomic E-state index is 0.240. The fourth-order valence-electron chi connectivity index (χ4n) is 5.41. The average Bonchev–Trinajstić information content (AvgIpc) is 3.36. The Hall–Kier alpha value is -1.65. The summed E-state index contributed by atoms with van der Waals surface area (Å²) in [7, 11) is 0. The fraction of sp³-hybridized carbons (Fsp3) is 0.500. The number of benzene rings is 1. The van der Waals surface area contributed by atoms with Crippen molar-refractivity contribution in [2.24, 2.45) is 5.92 Å². The van der Waals surface area contributed by atoms with Crippen molar-refractivity contribution in [3.63, 3.8) is 0 Å². The second-order valence-electron chi connectivity index (χ2n) is 8.06. The highest BCUT2D eigenvalue weighted by Gasteiger charge is 2.41. The third-order valence-electron chi connectivity index (χ3n) is 6.63. The molecule has 0 unspecified atom stereocenters. The molecule has 0 bridgehead atoms. The second-order valence-corrected chi connectivity index (χ2v) is 9.00. The van der Waals surface area contributed by atoms with Crippen molar-refractivity contribution in [3.8, 4) is 0 Å². The van der Waals surface area contributed by atoms with Gasteiger partial charge in [-0.2, -0.15) is 0 Å². The Balaban J connectivity index is 1.29. The van der Waals surface area contributed by atoms with Gasteiger partial charge in [0.25, 0.3) is 5.91 Å². The monoisotopic (exact) mass is 366 g/mol. The Bertz CT molecular complexity index is 762. The van der Waals surface area contributed by atoms with Crippen molar-refractivity contribution in [1.29, 1.82) is 0 Å². The van der Waals surface area contributed by atoms with E-state index in [0.717, 1.165) is 24.4 Å². The molecule has 2 aliphatic heterocycles. The molecule has 1 aliphatic carbocycles. The van der Waals surface area contributed by atoms with E-state index in [1.165, 1.54) is 32.2 Å². The van der Waals surface area contributed by atoms with E-state index in [0.29, 0.717) is 18.0 Å². The Labute approximate surface area is 159 Å². The summed E-state index contributed by atoms with van der Waals surface area (Å²) in [5, 5.41) is 2.00. The zero-order chi connectivity index (χ0) is 17.5. The number of carbonyl (C=O) groups excluding carboxylic acids is 1. The van der Waals surface area contributed by atoms with Gasteiger partial charge in [0.2, 0.25) is 0 Å². The summed E-state index contributed by atoms with van der Waals surface area (Å²) in [4.78, 5) is 18.6. The normalized spacial score (nSPS) is 26.5. The van der Waals surface area contributed by atoms with Crippen LogP contribution in [0.5, 0.6) is 0 Å². The SMILES string of the molecule is O=C(c1cccs1)N1CC[C@H]2[C@H](CCCN2C2Cc3ccccc3C2)C1. The van der Waals surface area contributed by atoms with E-state index < -0.39 is 0 Å². The van der Waals surface area contributed by atoms with E-state index in [1.54, 1.807) is 22.5 Å². The summed E-state index contributed by atoms with van der Waals surface area (Å²) in [5.74, 6) is 0.883. The maximum Gasteiger partial charge on any atom is 0.263 e. The zero-order valence-electron chi connectivity index (χ0n) is 15.1. The van der Waals surface area contributed by atoms with Crippen LogP contribution in [0.25, 0.3) is 0 Å². The molecule has 3 nitrogen and oxygen atoms in total. The fourth-order valence-corrected chi connectivity index (χ4v) is 6.10. The van der Waals surface area contributed by atoms with Gasteiger partial charge in [-0.1, -0.05) is 30.3 Å². The third-order valence-corrected chi connectivity index (χ3v) is 7.49. The number of thiophene rings is 1. The first kappa shape index (κ1) is 16.5. The van der Waals surface area contributed by atoms with Crippen LogP contribution in [0.4, 0.5) is 0 Å². The van der Waals surface area contributed by atoms with E-state index in [4.69, 9.17) is 0 Å². The summed E-state index contributed by atoms with van der Waals surface area (Å²) >= 11 is 1.57. The number of hydrogen-bond acceptors (Lipinski definition) is 3. The van der Waals surface area contributed by atoms with Crippen molar-refractivity contribution < 1.29 is 4.79 Å². The van der Waals surface area contributed by atoms with Gasteiger partial charge in [0.1, 0.15) is 0 Å². The Kier molecular flexibility index (Phi) is 4.33. The van der Waals surface area contributed by atoms with Crippen LogP contribution in [-0.4, -0.2) is 47.4 Å². The quantitative estimate of drug-likeness (QED) is 0.806. The summed E-state index contributed by atoms with van der Waals surface area (Å²) in [5.41, 5.74) is 3.09. The minimum Gasteiger partial charge on any atom is -0.338 e. The van der Waals surface area contributed by atoms with Crippen LogP contribution in [0.15, 0.2) is 41.8 Å². The molecule has 3 aliphatic rings. The maximum atomic E-state index is 12.7. The predicted octanol–water partition coefficient (Wildman–Crippen LogP) is 3.84. The molecule has 26 heavy (non-hydrogen) atoms. The van der Waals surface area contributed by atoms with Crippen molar-refractivity contribution >= 4 is 17.2 Å². The zero-order valence-corrected chi connectivity index (χ0v) is 16.0. The molecule has 1 aromatic carbocycles. The topological polar surface area (TPSA) is 23.6 Å². The van der Waals surface area contributed by atoms with Crippen LogP contribution in [0.2, 0.25) is 0 Å². The van der Waals surface area contributed by atoms with Gasteiger partial charge in [-0.15, -0.1) is 11.3 Å². The summed E-state index contributed by atoms with van der Waals surface area (Å²) in [6.45, 7) is 3.09. The van der Waals surface area contributed by atoms with Crippen LogP contribution >= 0.6 is 11.3 Å².